The quantitative estimate of drug-likeness (QED) is 0.404. The number of aromatic nitrogens is 5. The largest absolute Gasteiger partial charge is 0.390 e. The fourth-order valence-corrected chi connectivity index (χ4v) is 6.04. The molecule has 5 heterocycles. The Bertz CT molecular complexity index is 1400. The van der Waals surface area contributed by atoms with Gasteiger partial charge < -0.3 is 20.7 Å². The molecule has 4 aromatic rings. The van der Waals surface area contributed by atoms with Gasteiger partial charge in [0, 0.05) is 36.5 Å². The van der Waals surface area contributed by atoms with Crippen LogP contribution in [0.15, 0.2) is 18.3 Å². The van der Waals surface area contributed by atoms with Crippen LogP contribution >= 0.6 is 23.2 Å². The van der Waals surface area contributed by atoms with Crippen LogP contribution in [0.25, 0.3) is 33.2 Å². The fraction of sp³-hybridized carbons (Fsp3) is 0.409. The second kappa shape index (κ2) is 7.53. The van der Waals surface area contributed by atoms with Crippen molar-refractivity contribution in [1.82, 2.24) is 24.7 Å². The summed E-state index contributed by atoms with van der Waals surface area (Å²) in [5.41, 5.74) is 9.68. The third-order valence-corrected chi connectivity index (χ3v) is 7.80. The summed E-state index contributed by atoms with van der Waals surface area (Å²) in [6, 6.07) is 2.99. The highest BCUT2D eigenvalue weighted by molar-refractivity contribution is 6.43. The molecule has 2 bridgehead atoms. The SMILES string of the molecule is Cn1nc2ccc(-c3c[nH]c4nc(N5[C@H]6CC[C@@H]5[C@@H](F)[C@@H](N)C6)c(CO)nc34)c(Cl)c2c1Cl. The highest BCUT2D eigenvalue weighted by Gasteiger charge is 2.48. The van der Waals surface area contributed by atoms with Crippen molar-refractivity contribution < 1.29 is 9.50 Å². The van der Waals surface area contributed by atoms with Crippen molar-refractivity contribution in [2.45, 2.75) is 50.2 Å². The molecule has 0 spiro atoms. The number of alkyl halides is 1. The Morgan fingerprint density at radius 3 is 2.85 bits per heavy atom. The molecule has 2 saturated heterocycles. The van der Waals surface area contributed by atoms with E-state index in [0.29, 0.717) is 56.6 Å². The number of aromatic amines is 1. The molecule has 0 radical (unpaired) electrons. The molecule has 4 N–H and O–H groups in total. The van der Waals surface area contributed by atoms with E-state index in [-0.39, 0.29) is 18.7 Å². The molecule has 33 heavy (non-hydrogen) atoms. The molecule has 2 fully saturated rings. The number of hydrogen-bond acceptors (Lipinski definition) is 6. The van der Waals surface area contributed by atoms with Crippen LogP contribution in [-0.2, 0) is 13.7 Å². The van der Waals surface area contributed by atoms with Crippen LogP contribution < -0.4 is 10.6 Å². The first kappa shape index (κ1) is 21.1. The lowest BCUT2D eigenvalue weighted by Crippen LogP contribution is -2.56. The van der Waals surface area contributed by atoms with Crippen LogP contribution in [0.3, 0.4) is 0 Å². The van der Waals surface area contributed by atoms with E-state index >= 15 is 0 Å². The number of H-pyrrole nitrogens is 1. The number of halogens is 3. The third-order valence-electron chi connectivity index (χ3n) is 6.98. The van der Waals surface area contributed by atoms with Crippen molar-refractivity contribution >= 4 is 51.1 Å². The van der Waals surface area contributed by atoms with Crippen molar-refractivity contribution in [2.24, 2.45) is 12.8 Å². The number of fused-ring (bicyclic) bond motifs is 4. The molecule has 4 atom stereocenters. The Morgan fingerprint density at radius 1 is 1.24 bits per heavy atom. The standard InChI is InChI=1S/C22H22Cl2FN7O/c1-31-20(24)16-13(30-31)4-3-10(17(16)23)11-7-27-21-19(11)28-14(8-33)22(29-21)32-9-2-5-15(32)18(25)12(26)6-9/h3-4,7,9,12,15,18,33H,2,5-6,8,26H2,1H3,(H,27,29)/t9-,12-,15+,18-/m0/s1. The Kier molecular flexibility index (Phi) is 4.81. The minimum atomic E-state index is -1.14. The molecular weight excluding hydrogens is 468 g/mol. The average Bonchev–Trinajstić information content (AvgIpc) is 3.45. The lowest BCUT2D eigenvalue weighted by molar-refractivity contribution is 0.202. The lowest BCUT2D eigenvalue weighted by Gasteiger charge is -2.41. The number of hydrogen-bond donors (Lipinski definition) is 3. The zero-order valence-corrected chi connectivity index (χ0v) is 19.3. The number of aliphatic hydroxyl groups is 1. The van der Waals surface area contributed by atoms with Crippen molar-refractivity contribution in [1.29, 1.82) is 0 Å². The molecule has 0 amide bonds. The van der Waals surface area contributed by atoms with Crippen LogP contribution in [0, 0.1) is 0 Å². The van der Waals surface area contributed by atoms with Gasteiger partial charge in [-0.25, -0.2) is 14.4 Å². The van der Waals surface area contributed by atoms with Gasteiger partial charge in [-0.1, -0.05) is 29.3 Å². The molecule has 0 saturated carbocycles. The number of aryl methyl sites for hydroxylation is 1. The summed E-state index contributed by atoms with van der Waals surface area (Å²) in [7, 11) is 1.76. The van der Waals surface area contributed by atoms with Crippen molar-refractivity contribution in [2.75, 3.05) is 4.90 Å². The zero-order valence-electron chi connectivity index (χ0n) is 17.8. The van der Waals surface area contributed by atoms with E-state index in [0.717, 1.165) is 17.5 Å². The first-order chi connectivity index (χ1) is 15.9. The Hall–Kier alpha value is -2.46. The lowest BCUT2D eigenvalue weighted by atomic mass is 9.96. The molecule has 6 rings (SSSR count). The number of nitrogens with zero attached hydrogens (tertiary/aromatic N) is 5. The summed E-state index contributed by atoms with van der Waals surface area (Å²) in [5, 5.41) is 16.1. The summed E-state index contributed by atoms with van der Waals surface area (Å²) < 4.78 is 16.4. The normalized spacial score (nSPS) is 25.0. The smallest absolute Gasteiger partial charge is 0.159 e. The Labute approximate surface area is 198 Å². The van der Waals surface area contributed by atoms with E-state index in [4.69, 9.17) is 38.9 Å². The van der Waals surface area contributed by atoms with E-state index in [1.54, 1.807) is 17.9 Å². The molecule has 2 aliphatic rings. The van der Waals surface area contributed by atoms with Gasteiger partial charge in [0.1, 0.15) is 22.5 Å². The molecule has 0 unspecified atom stereocenters. The molecular formula is C22H22Cl2FN7O. The van der Waals surface area contributed by atoms with Crippen molar-refractivity contribution in [3.8, 4) is 11.1 Å². The number of piperidine rings is 1. The van der Waals surface area contributed by atoms with Crippen LogP contribution in [-0.4, -0.2) is 54.1 Å². The van der Waals surface area contributed by atoms with Crippen LogP contribution in [0.4, 0.5) is 10.2 Å². The van der Waals surface area contributed by atoms with Gasteiger partial charge in [-0.15, -0.1) is 0 Å². The van der Waals surface area contributed by atoms with Gasteiger partial charge in [-0.05, 0) is 25.3 Å². The molecule has 11 heteroatoms. The zero-order chi connectivity index (χ0) is 23.0. The fourth-order valence-electron chi connectivity index (χ4n) is 5.41. The second-order valence-electron chi connectivity index (χ2n) is 8.84. The van der Waals surface area contributed by atoms with Gasteiger partial charge in [0.05, 0.1) is 28.6 Å². The van der Waals surface area contributed by atoms with Crippen LogP contribution in [0.5, 0.6) is 0 Å². The number of nitrogens with one attached hydrogen (secondary N) is 1. The van der Waals surface area contributed by atoms with Gasteiger partial charge in [0.2, 0.25) is 0 Å². The topological polar surface area (TPSA) is 109 Å². The number of aliphatic hydroxyl groups excluding tert-OH is 1. The van der Waals surface area contributed by atoms with E-state index < -0.39 is 12.2 Å². The van der Waals surface area contributed by atoms with E-state index in [9.17, 15) is 9.50 Å². The van der Waals surface area contributed by atoms with Crippen molar-refractivity contribution in [3.63, 3.8) is 0 Å². The van der Waals surface area contributed by atoms with Crippen LogP contribution in [0.1, 0.15) is 25.0 Å². The summed E-state index contributed by atoms with van der Waals surface area (Å²) in [6.07, 6.45) is 2.76. The molecule has 2 aliphatic heterocycles. The summed E-state index contributed by atoms with van der Waals surface area (Å²) >= 11 is 13.2. The summed E-state index contributed by atoms with van der Waals surface area (Å²) in [6.45, 7) is -0.316. The number of benzene rings is 1. The highest BCUT2D eigenvalue weighted by Crippen LogP contribution is 2.43. The molecule has 1 aromatic carbocycles. The van der Waals surface area contributed by atoms with Gasteiger partial charge in [0.25, 0.3) is 0 Å². The summed E-state index contributed by atoms with van der Waals surface area (Å²) in [5.74, 6) is 0.511. The van der Waals surface area contributed by atoms with Crippen molar-refractivity contribution in [3.05, 3.63) is 34.2 Å². The minimum Gasteiger partial charge on any atom is -0.390 e. The van der Waals surface area contributed by atoms with E-state index in [1.165, 1.54) is 0 Å². The third kappa shape index (κ3) is 2.99. The maximum atomic E-state index is 14.9. The predicted octanol–water partition coefficient (Wildman–Crippen LogP) is 3.72. The predicted molar refractivity (Wildman–Crippen MR) is 126 cm³/mol. The first-order valence-corrected chi connectivity index (χ1v) is 11.6. The average molecular weight is 490 g/mol. The van der Waals surface area contributed by atoms with Gasteiger partial charge >= 0.3 is 0 Å². The second-order valence-corrected chi connectivity index (χ2v) is 9.57. The van der Waals surface area contributed by atoms with Gasteiger partial charge in [-0.3, -0.25) is 4.68 Å². The monoisotopic (exact) mass is 489 g/mol. The van der Waals surface area contributed by atoms with E-state index in [1.807, 2.05) is 17.0 Å². The van der Waals surface area contributed by atoms with Crippen LogP contribution in [0.2, 0.25) is 10.2 Å². The molecule has 3 aromatic heterocycles. The highest BCUT2D eigenvalue weighted by atomic mass is 35.5. The van der Waals surface area contributed by atoms with E-state index in [2.05, 4.69) is 10.1 Å². The summed E-state index contributed by atoms with van der Waals surface area (Å²) in [4.78, 5) is 14.7. The minimum absolute atomic E-state index is 0.0908. The van der Waals surface area contributed by atoms with Gasteiger partial charge in [0.15, 0.2) is 11.5 Å². The first-order valence-electron chi connectivity index (χ1n) is 10.9. The number of nitrogens with two attached hydrogens (primary N) is 1. The molecule has 8 nitrogen and oxygen atoms in total. The maximum absolute atomic E-state index is 14.9. The van der Waals surface area contributed by atoms with Gasteiger partial charge in [-0.2, -0.15) is 5.10 Å². The molecule has 172 valence electrons. The Balaban J connectivity index is 1.49. The number of anilines is 1. The maximum Gasteiger partial charge on any atom is 0.159 e. The molecule has 0 aliphatic carbocycles. The Morgan fingerprint density at radius 2 is 2.06 bits per heavy atom. The number of rotatable bonds is 3.